The van der Waals surface area contributed by atoms with Crippen molar-refractivity contribution in [3.63, 3.8) is 0 Å². The fraction of sp³-hybridized carbons (Fsp3) is 0.655. The second-order valence-electron chi connectivity index (χ2n) is 10.7. The van der Waals surface area contributed by atoms with Crippen molar-refractivity contribution in [1.29, 1.82) is 0 Å². The van der Waals surface area contributed by atoms with Gasteiger partial charge in [-0.3, -0.25) is 0 Å². The maximum Gasteiger partial charge on any atom is 0.173 e. The van der Waals surface area contributed by atoms with Crippen LogP contribution in [0.5, 0.6) is 0 Å². The summed E-state index contributed by atoms with van der Waals surface area (Å²) < 4.78 is 24.8. The van der Waals surface area contributed by atoms with Gasteiger partial charge < -0.3 is 0 Å². The summed E-state index contributed by atoms with van der Waals surface area (Å²) in [5, 5.41) is 0. The second-order valence-corrected chi connectivity index (χ2v) is 13.0. The Kier molecular flexibility index (Phi) is 8.47. The zero-order valence-corrected chi connectivity index (χ0v) is 21.7. The predicted molar refractivity (Wildman–Crippen MR) is 138 cm³/mol. The Hall–Kier alpha value is -1.35. The molecular weight excluding hydrogens is 412 g/mol. The molecular formula is C29H44O2S. The van der Waals surface area contributed by atoms with E-state index < -0.39 is 9.84 Å². The molecule has 2 saturated carbocycles. The Morgan fingerprint density at radius 1 is 1.28 bits per heavy atom. The van der Waals surface area contributed by atoms with Crippen LogP contribution in [0, 0.1) is 17.3 Å². The first-order valence-electron chi connectivity index (χ1n) is 12.8. The Morgan fingerprint density at radius 2 is 2.06 bits per heavy atom. The average Bonchev–Trinajstić information content (AvgIpc) is 3.09. The number of allylic oxidation sites excluding steroid dienone is 9. The van der Waals surface area contributed by atoms with Crippen molar-refractivity contribution in [3.05, 3.63) is 58.1 Å². The van der Waals surface area contributed by atoms with Crippen LogP contribution in [0.25, 0.3) is 0 Å². The van der Waals surface area contributed by atoms with Crippen molar-refractivity contribution in [3.8, 4) is 0 Å². The summed E-state index contributed by atoms with van der Waals surface area (Å²) in [7, 11) is -3.07. The van der Waals surface area contributed by atoms with Crippen molar-refractivity contribution < 1.29 is 8.42 Å². The molecule has 0 aromatic carbocycles. The fourth-order valence-electron chi connectivity index (χ4n) is 5.94. The smallest absolute Gasteiger partial charge is 0.173 e. The third kappa shape index (κ3) is 5.76. The van der Waals surface area contributed by atoms with E-state index in [1.165, 1.54) is 43.3 Å². The molecule has 32 heavy (non-hydrogen) atoms. The van der Waals surface area contributed by atoms with Gasteiger partial charge in [0.15, 0.2) is 9.84 Å². The summed E-state index contributed by atoms with van der Waals surface area (Å²) >= 11 is 0. The zero-order chi connectivity index (χ0) is 23.4. The van der Waals surface area contributed by atoms with Gasteiger partial charge in [-0.05, 0) is 94.0 Å². The number of hydrogen-bond acceptors (Lipinski definition) is 2. The Labute approximate surface area is 197 Å². The molecule has 3 heteroatoms. The van der Waals surface area contributed by atoms with Gasteiger partial charge >= 0.3 is 0 Å². The van der Waals surface area contributed by atoms with Gasteiger partial charge in [-0.15, -0.1) is 0 Å². The van der Waals surface area contributed by atoms with Gasteiger partial charge in [0.25, 0.3) is 0 Å². The molecule has 3 atom stereocenters. The lowest BCUT2D eigenvalue weighted by atomic mass is 9.63. The van der Waals surface area contributed by atoms with Crippen molar-refractivity contribution in [2.75, 3.05) is 5.75 Å². The lowest BCUT2D eigenvalue weighted by Gasteiger charge is -2.41. The van der Waals surface area contributed by atoms with Gasteiger partial charge in [0.2, 0.25) is 0 Å². The number of hydrogen-bond donors (Lipinski definition) is 0. The van der Waals surface area contributed by atoms with E-state index in [-0.39, 0.29) is 11.2 Å². The molecule has 0 spiro atoms. The van der Waals surface area contributed by atoms with Gasteiger partial charge in [-0.2, -0.15) is 0 Å². The quantitative estimate of drug-likeness (QED) is 0.344. The zero-order valence-electron chi connectivity index (χ0n) is 20.9. The lowest BCUT2D eigenvalue weighted by molar-refractivity contribution is 0.229. The van der Waals surface area contributed by atoms with E-state index >= 15 is 0 Å². The molecule has 1 unspecified atom stereocenters. The van der Waals surface area contributed by atoms with E-state index in [2.05, 4.69) is 38.7 Å². The largest absolute Gasteiger partial charge is 0.224 e. The summed E-state index contributed by atoms with van der Waals surface area (Å²) in [6.45, 7) is 12.9. The van der Waals surface area contributed by atoms with Crippen LogP contribution in [0.15, 0.2) is 58.1 Å². The molecule has 178 valence electrons. The summed E-state index contributed by atoms with van der Waals surface area (Å²) in [4.78, 5) is 0.559. The van der Waals surface area contributed by atoms with Gasteiger partial charge in [0, 0.05) is 4.91 Å². The first-order valence-corrected chi connectivity index (χ1v) is 14.5. The van der Waals surface area contributed by atoms with Crippen LogP contribution in [-0.2, 0) is 9.84 Å². The third-order valence-electron chi connectivity index (χ3n) is 8.27. The summed E-state index contributed by atoms with van der Waals surface area (Å²) in [6, 6.07) is 0. The first kappa shape index (κ1) is 25.3. The van der Waals surface area contributed by atoms with Crippen molar-refractivity contribution in [2.24, 2.45) is 17.3 Å². The molecule has 3 aliphatic rings. The average molecular weight is 457 g/mol. The molecule has 2 nitrogen and oxygen atoms in total. The molecule has 3 aliphatic carbocycles. The van der Waals surface area contributed by atoms with Crippen LogP contribution in [-0.4, -0.2) is 14.2 Å². The molecule has 0 N–H and O–H groups in total. The van der Waals surface area contributed by atoms with Gasteiger partial charge in [0.05, 0.1) is 5.75 Å². The second kappa shape index (κ2) is 10.7. The highest BCUT2D eigenvalue weighted by molar-refractivity contribution is 7.95. The van der Waals surface area contributed by atoms with Crippen molar-refractivity contribution in [2.45, 2.75) is 98.3 Å². The van der Waals surface area contributed by atoms with Crippen LogP contribution >= 0.6 is 0 Å². The molecule has 2 fully saturated rings. The topological polar surface area (TPSA) is 34.1 Å². The monoisotopic (exact) mass is 456 g/mol. The SMILES string of the molecule is C=C1CCC(C)C/C1=C/C=C1\CCC[C@]2(C)C(CC/C=C(\C)S(=O)(=O)CCCC)=CC[C@@H]12. The van der Waals surface area contributed by atoms with Crippen molar-refractivity contribution >= 4 is 9.84 Å². The van der Waals surface area contributed by atoms with E-state index in [9.17, 15) is 8.42 Å². The van der Waals surface area contributed by atoms with Crippen molar-refractivity contribution in [1.82, 2.24) is 0 Å². The van der Waals surface area contributed by atoms with E-state index in [1.54, 1.807) is 18.1 Å². The molecule has 0 radical (unpaired) electrons. The highest BCUT2D eigenvalue weighted by atomic mass is 32.2. The summed E-state index contributed by atoms with van der Waals surface area (Å²) in [5.41, 5.74) is 6.19. The van der Waals surface area contributed by atoms with E-state index in [4.69, 9.17) is 0 Å². The molecule has 0 aromatic rings. The molecule has 0 saturated heterocycles. The first-order chi connectivity index (χ1) is 15.2. The standard InChI is InChI=1S/C29H44O2S/c1-6-7-20-32(30,31)24(4)10-8-12-27-17-18-28-25(11-9-19-29(27,28)5)15-16-26-21-22(2)13-14-23(26)3/h10,15-17,22,28H,3,6-9,11-14,18-21H2,1-2,4-5H3/b24-10+,25-15+,26-16-/t22?,28-,29+/m0/s1. The highest BCUT2D eigenvalue weighted by Gasteiger charge is 2.44. The Balaban J connectivity index is 1.66. The maximum absolute atomic E-state index is 12.4. The Bertz CT molecular complexity index is 928. The van der Waals surface area contributed by atoms with Crippen LogP contribution in [0.2, 0.25) is 0 Å². The minimum Gasteiger partial charge on any atom is -0.224 e. The highest BCUT2D eigenvalue weighted by Crippen LogP contribution is 2.55. The number of unbranched alkanes of at least 4 members (excludes halogenated alkanes) is 1. The number of rotatable bonds is 8. The van der Waals surface area contributed by atoms with E-state index in [0.717, 1.165) is 44.4 Å². The molecule has 0 aromatic heterocycles. The molecule has 0 heterocycles. The Morgan fingerprint density at radius 3 is 2.81 bits per heavy atom. The van der Waals surface area contributed by atoms with Crippen LogP contribution < -0.4 is 0 Å². The molecule has 3 rings (SSSR count). The molecule has 0 aliphatic heterocycles. The van der Waals surface area contributed by atoms with Crippen LogP contribution in [0.1, 0.15) is 98.3 Å². The van der Waals surface area contributed by atoms with Crippen LogP contribution in [0.4, 0.5) is 0 Å². The van der Waals surface area contributed by atoms with Gasteiger partial charge in [-0.25, -0.2) is 8.42 Å². The molecule has 0 bridgehead atoms. The minimum atomic E-state index is -3.07. The lowest BCUT2D eigenvalue weighted by Crippen LogP contribution is -2.30. The van der Waals surface area contributed by atoms with Gasteiger partial charge in [-0.1, -0.05) is 74.8 Å². The normalized spacial score (nSPS) is 31.8. The fourth-order valence-corrected chi connectivity index (χ4v) is 7.31. The van der Waals surface area contributed by atoms with E-state index in [1.807, 2.05) is 13.0 Å². The summed E-state index contributed by atoms with van der Waals surface area (Å²) in [5.74, 6) is 1.66. The van der Waals surface area contributed by atoms with Gasteiger partial charge in [0.1, 0.15) is 0 Å². The molecule has 0 amide bonds. The van der Waals surface area contributed by atoms with Crippen LogP contribution in [0.3, 0.4) is 0 Å². The number of fused-ring (bicyclic) bond motifs is 1. The maximum atomic E-state index is 12.4. The summed E-state index contributed by atoms with van der Waals surface area (Å²) in [6.07, 6.45) is 21.1. The minimum absolute atomic E-state index is 0.238. The van der Waals surface area contributed by atoms with E-state index in [0.29, 0.717) is 10.8 Å². The number of sulfone groups is 1. The predicted octanol–water partition coefficient (Wildman–Crippen LogP) is 8.25. The third-order valence-corrected chi connectivity index (χ3v) is 10.2.